The topological polar surface area (TPSA) is 52.6 Å². The number of likely N-dealkylation sites (tertiary alicyclic amines) is 1. The van der Waals surface area contributed by atoms with Crippen molar-refractivity contribution in [1.82, 2.24) is 10.2 Å². The van der Waals surface area contributed by atoms with Gasteiger partial charge in [-0.25, -0.2) is 0 Å². The van der Waals surface area contributed by atoms with Crippen molar-refractivity contribution >= 4 is 18.3 Å². The predicted molar refractivity (Wildman–Crippen MR) is 74.3 cm³/mol. The number of rotatable bonds is 3. The van der Waals surface area contributed by atoms with Gasteiger partial charge in [-0.15, -0.1) is 12.4 Å². The van der Waals surface area contributed by atoms with E-state index in [-0.39, 0.29) is 31.3 Å². The van der Waals surface area contributed by atoms with Crippen molar-refractivity contribution in [2.75, 3.05) is 26.2 Å². The Bertz CT molecular complexity index is 362. The molecule has 21 heavy (non-hydrogen) atoms. The van der Waals surface area contributed by atoms with Crippen LogP contribution in [0.25, 0.3) is 0 Å². The third-order valence-corrected chi connectivity index (χ3v) is 4.35. The highest BCUT2D eigenvalue weighted by Crippen LogP contribution is 2.37. The lowest BCUT2D eigenvalue weighted by atomic mass is 9.93. The van der Waals surface area contributed by atoms with Crippen LogP contribution in [-0.2, 0) is 4.79 Å². The van der Waals surface area contributed by atoms with E-state index in [2.05, 4.69) is 5.32 Å². The van der Waals surface area contributed by atoms with Crippen molar-refractivity contribution in [3.05, 3.63) is 0 Å². The molecule has 2 aliphatic rings. The van der Waals surface area contributed by atoms with E-state index < -0.39 is 24.7 Å². The quantitative estimate of drug-likeness (QED) is 0.828. The molecule has 2 N–H and O–H groups in total. The number of nitrogens with zero attached hydrogens (tertiary/aromatic N) is 1. The number of alkyl halides is 3. The third-order valence-electron chi connectivity index (χ3n) is 4.35. The standard InChI is InChI=1S/C13H21F3N2O2.ClH/c14-13(15,16)12(20)5-8-18(9-12)11(19)2-1-10-3-6-17-7-4-10;/h10,17,20H,1-9H2;1H. The second-order valence-corrected chi connectivity index (χ2v) is 5.83. The minimum Gasteiger partial charge on any atom is -0.379 e. The monoisotopic (exact) mass is 330 g/mol. The van der Waals surface area contributed by atoms with Gasteiger partial charge >= 0.3 is 6.18 Å². The fraction of sp³-hybridized carbons (Fsp3) is 0.923. The van der Waals surface area contributed by atoms with E-state index in [0.717, 1.165) is 37.3 Å². The lowest BCUT2D eigenvalue weighted by Crippen LogP contribution is -2.48. The number of carbonyl (C=O) groups excluding carboxylic acids is 1. The Morgan fingerprint density at radius 2 is 1.95 bits per heavy atom. The Morgan fingerprint density at radius 3 is 2.48 bits per heavy atom. The van der Waals surface area contributed by atoms with Gasteiger partial charge in [-0.2, -0.15) is 13.2 Å². The maximum atomic E-state index is 12.7. The van der Waals surface area contributed by atoms with Gasteiger partial charge in [0.2, 0.25) is 5.91 Å². The summed E-state index contributed by atoms with van der Waals surface area (Å²) in [5, 5.41) is 12.8. The van der Waals surface area contributed by atoms with Gasteiger partial charge in [-0.1, -0.05) is 0 Å². The fourth-order valence-electron chi connectivity index (χ4n) is 2.89. The molecule has 0 aromatic heterocycles. The van der Waals surface area contributed by atoms with E-state index in [4.69, 9.17) is 0 Å². The zero-order valence-corrected chi connectivity index (χ0v) is 12.6. The number of nitrogens with one attached hydrogen (secondary N) is 1. The normalized spacial score (nSPS) is 27.5. The van der Waals surface area contributed by atoms with Gasteiger partial charge in [0.25, 0.3) is 0 Å². The first kappa shape index (κ1) is 18.5. The summed E-state index contributed by atoms with van der Waals surface area (Å²) >= 11 is 0. The average molecular weight is 331 g/mol. The van der Waals surface area contributed by atoms with E-state index in [1.54, 1.807) is 0 Å². The van der Waals surface area contributed by atoms with Crippen LogP contribution in [0.15, 0.2) is 0 Å². The molecule has 2 fully saturated rings. The molecule has 0 saturated carbocycles. The molecule has 4 nitrogen and oxygen atoms in total. The lowest BCUT2D eigenvalue weighted by Gasteiger charge is -2.26. The molecular formula is C13H22ClF3N2O2. The smallest absolute Gasteiger partial charge is 0.379 e. The third kappa shape index (κ3) is 4.47. The average Bonchev–Trinajstić information content (AvgIpc) is 2.81. The molecular weight excluding hydrogens is 309 g/mol. The van der Waals surface area contributed by atoms with Crippen molar-refractivity contribution in [2.24, 2.45) is 5.92 Å². The maximum absolute atomic E-state index is 12.7. The molecule has 0 spiro atoms. The summed E-state index contributed by atoms with van der Waals surface area (Å²) in [5.74, 6) is 0.202. The Kier molecular flexibility index (Phi) is 6.31. The maximum Gasteiger partial charge on any atom is 0.419 e. The second-order valence-electron chi connectivity index (χ2n) is 5.83. The molecule has 1 atom stereocenters. The number of piperidine rings is 1. The molecule has 0 aromatic carbocycles. The first-order valence-electron chi connectivity index (χ1n) is 7.09. The minimum atomic E-state index is -4.67. The van der Waals surface area contributed by atoms with Gasteiger partial charge < -0.3 is 15.3 Å². The molecule has 1 unspecified atom stereocenters. The zero-order valence-electron chi connectivity index (χ0n) is 11.8. The van der Waals surface area contributed by atoms with Gasteiger partial charge in [0, 0.05) is 19.4 Å². The highest BCUT2D eigenvalue weighted by atomic mass is 35.5. The molecule has 0 aliphatic carbocycles. The number of hydrogen-bond donors (Lipinski definition) is 2. The Balaban J connectivity index is 0.00000220. The molecule has 0 aromatic rings. The summed E-state index contributed by atoms with van der Waals surface area (Å²) in [6.45, 7) is 1.25. The van der Waals surface area contributed by atoms with Crippen LogP contribution in [0.5, 0.6) is 0 Å². The summed E-state index contributed by atoms with van der Waals surface area (Å²) in [6, 6.07) is 0. The van der Waals surface area contributed by atoms with Crippen LogP contribution in [0.3, 0.4) is 0 Å². The number of carbonyl (C=O) groups is 1. The number of aliphatic hydroxyl groups is 1. The molecule has 124 valence electrons. The van der Waals surface area contributed by atoms with Crippen molar-refractivity contribution in [2.45, 2.75) is 43.9 Å². The predicted octanol–water partition coefficient (Wildman–Crippen LogP) is 1.71. The fourth-order valence-corrected chi connectivity index (χ4v) is 2.89. The number of hydrogen-bond acceptors (Lipinski definition) is 3. The second kappa shape index (κ2) is 7.15. The zero-order chi connectivity index (χ0) is 14.8. The lowest BCUT2D eigenvalue weighted by molar-refractivity contribution is -0.253. The largest absolute Gasteiger partial charge is 0.419 e. The van der Waals surface area contributed by atoms with Crippen molar-refractivity contribution in [3.63, 3.8) is 0 Å². The van der Waals surface area contributed by atoms with Crippen LogP contribution in [-0.4, -0.2) is 53.9 Å². The Morgan fingerprint density at radius 1 is 1.33 bits per heavy atom. The van der Waals surface area contributed by atoms with E-state index in [9.17, 15) is 23.1 Å². The number of β-amino-alcohol motifs (C(OH)–C–C–N with tert-alkyl or cyclic N) is 1. The molecule has 2 rings (SSSR count). The van der Waals surface area contributed by atoms with Crippen molar-refractivity contribution in [1.29, 1.82) is 0 Å². The molecule has 2 aliphatic heterocycles. The highest BCUT2D eigenvalue weighted by Gasteiger charge is 2.57. The van der Waals surface area contributed by atoms with Gasteiger partial charge in [0.05, 0.1) is 6.54 Å². The van der Waals surface area contributed by atoms with Crippen molar-refractivity contribution < 1.29 is 23.1 Å². The highest BCUT2D eigenvalue weighted by molar-refractivity contribution is 5.85. The number of halogens is 4. The molecule has 0 bridgehead atoms. The SMILES string of the molecule is Cl.O=C(CCC1CCNCC1)N1CCC(O)(C(F)(F)F)C1. The van der Waals surface area contributed by atoms with Crippen LogP contribution >= 0.6 is 12.4 Å². The van der Waals surface area contributed by atoms with E-state index >= 15 is 0 Å². The molecule has 2 saturated heterocycles. The minimum absolute atomic E-state index is 0. The van der Waals surface area contributed by atoms with E-state index in [0.29, 0.717) is 5.92 Å². The Hall–Kier alpha value is -0.530. The van der Waals surface area contributed by atoms with Gasteiger partial charge in [0.1, 0.15) is 0 Å². The molecule has 0 radical (unpaired) electrons. The summed E-state index contributed by atoms with van der Waals surface area (Å²) in [7, 11) is 0. The van der Waals surface area contributed by atoms with Crippen LogP contribution in [0.1, 0.15) is 32.1 Å². The van der Waals surface area contributed by atoms with Crippen LogP contribution < -0.4 is 5.32 Å². The first-order valence-corrected chi connectivity index (χ1v) is 7.09. The first-order chi connectivity index (χ1) is 9.32. The van der Waals surface area contributed by atoms with E-state index in [1.807, 2.05) is 0 Å². The van der Waals surface area contributed by atoms with Crippen LogP contribution in [0.4, 0.5) is 13.2 Å². The van der Waals surface area contributed by atoms with E-state index in [1.165, 1.54) is 0 Å². The van der Waals surface area contributed by atoms with Gasteiger partial charge in [-0.05, 0) is 38.3 Å². The van der Waals surface area contributed by atoms with Crippen molar-refractivity contribution in [3.8, 4) is 0 Å². The molecule has 1 amide bonds. The number of amides is 1. The summed E-state index contributed by atoms with van der Waals surface area (Å²) in [4.78, 5) is 13.1. The molecule has 2 heterocycles. The van der Waals surface area contributed by atoms with Crippen LogP contribution in [0.2, 0.25) is 0 Å². The molecule has 8 heteroatoms. The van der Waals surface area contributed by atoms with Gasteiger partial charge in [0.15, 0.2) is 5.60 Å². The summed E-state index contributed by atoms with van der Waals surface area (Å²) < 4.78 is 38.0. The van der Waals surface area contributed by atoms with Crippen LogP contribution in [0, 0.1) is 5.92 Å². The summed E-state index contributed by atoms with van der Waals surface area (Å²) in [5.41, 5.74) is -2.72. The summed E-state index contributed by atoms with van der Waals surface area (Å²) in [6.07, 6.45) is -2.06. The Labute approximate surface area is 128 Å². The van der Waals surface area contributed by atoms with Gasteiger partial charge in [-0.3, -0.25) is 4.79 Å².